The summed E-state index contributed by atoms with van der Waals surface area (Å²) in [5.41, 5.74) is 0.408. The Balaban J connectivity index is 2.15. The van der Waals surface area contributed by atoms with Gasteiger partial charge in [0.05, 0.1) is 5.69 Å². The Hall–Kier alpha value is -2.08. The molecule has 19 heavy (non-hydrogen) atoms. The molecule has 0 spiro atoms. The number of benzene rings is 1. The first-order valence-electron chi connectivity index (χ1n) is 5.88. The Bertz CT molecular complexity index is 543. The van der Waals surface area contributed by atoms with Crippen LogP contribution in [0.4, 0.5) is 14.6 Å². The van der Waals surface area contributed by atoms with E-state index in [0.29, 0.717) is 18.1 Å². The molecule has 0 atom stereocenters. The van der Waals surface area contributed by atoms with Crippen molar-refractivity contribution in [3.63, 3.8) is 0 Å². The van der Waals surface area contributed by atoms with Gasteiger partial charge < -0.3 is 10.6 Å². The average Bonchev–Trinajstić information content (AvgIpc) is 2.43. The molecule has 1 aromatic carbocycles. The third kappa shape index (κ3) is 3.45. The SMILES string of the molecule is CNCCNc1ccc(-c2cc(F)ccc2F)nn1. The first kappa shape index (κ1) is 13.4. The first-order chi connectivity index (χ1) is 9.20. The van der Waals surface area contributed by atoms with E-state index in [-0.39, 0.29) is 5.56 Å². The van der Waals surface area contributed by atoms with Gasteiger partial charge in [-0.1, -0.05) is 0 Å². The van der Waals surface area contributed by atoms with Crippen LogP contribution in [0.25, 0.3) is 11.3 Å². The van der Waals surface area contributed by atoms with Crippen LogP contribution in [-0.2, 0) is 0 Å². The summed E-state index contributed by atoms with van der Waals surface area (Å²) >= 11 is 0. The van der Waals surface area contributed by atoms with Gasteiger partial charge in [0.1, 0.15) is 17.5 Å². The highest BCUT2D eigenvalue weighted by Gasteiger charge is 2.08. The minimum atomic E-state index is -0.522. The fourth-order valence-electron chi connectivity index (χ4n) is 1.58. The van der Waals surface area contributed by atoms with Gasteiger partial charge in [-0.3, -0.25) is 0 Å². The van der Waals surface area contributed by atoms with E-state index in [1.165, 1.54) is 0 Å². The molecular weight excluding hydrogens is 250 g/mol. The topological polar surface area (TPSA) is 49.8 Å². The van der Waals surface area contributed by atoms with E-state index < -0.39 is 11.6 Å². The summed E-state index contributed by atoms with van der Waals surface area (Å²) in [7, 11) is 1.85. The van der Waals surface area contributed by atoms with Gasteiger partial charge in [-0.25, -0.2) is 8.78 Å². The molecule has 1 aromatic heterocycles. The summed E-state index contributed by atoms with van der Waals surface area (Å²) in [5, 5.41) is 13.8. The molecule has 6 heteroatoms. The number of aromatic nitrogens is 2. The normalized spacial score (nSPS) is 10.5. The Labute approximate surface area is 109 Å². The van der Waals surface area contributed by atoms with Crippen molar-refractivity contribution >= 4 is 5.82 Å². The number of nitrogens with zero attached hydrogens (tertiary/aromatic N) is 2. The fraction of sp³-hybridized carbons (Fsp3) is 0.231. The predicted molar refractivity (Wildman–Crippen MR) is 69.8 cm³/mol. The minimum absolute atomic E-state index is 0.106. The number of nitrogens with one attached hydrogen (secondary N) is 2. The van der Waals surface area contributed by atoms with Crippen molar-refractivity contribution in [2.75, 3.05) is 25.5 Å². The first-order valence-corrected chi connectivity index (χ1v) is 5.88. The molecule has 0 fully saturated rings. The van der Waals surface area contributed by atoms with Crippen LogP contribution in [0, 0.1) is 11.6 Å². The number of likely N-dealkylation sites (N-methyl/N-ethyl adjacent to an activating group) is 1. The molecule has 0 saturated heterocycles. The zero-order valence-corrected chi connectivity index (χ0v) is 10.5. The van der Waals surface area contributed by atoms with Gasteiger partial charge >= 0.3 is 0 Å². The van der Waals surface area contributed by atoms with Crippen molar-refractivity contribution in [2.45, 2.75) is 0 Å². The lowest BCUT2D eigenvalue weighted by atomic mass is 10.1. The lowest BCUT2D eigenvalue weighted by Gasteiger charge is -2.06. The summed E-state index contributed by atoms with van der Waals surface area (Å²) < 4.78 is 26.6. The highest BCUT2D eigenvalue weighted by atomic mass is 19.1. The van der Waals surface area contributed by atoms with Crippen LogP contribution in [0.1, 0.15) is 0 Å². The number of halogens is 2. The van der Waals surface area contributed by atoms with Gasteiger partial charge in [-0.15, -0.1) is 10.2 Å². The Morgan fingerprint density at radius 2 is 1.89 bits per heavy atom. The van der Waals surface area contributed by atoms with Crippen LogP contribution in [0.15, 0.2) is 30.3 Å². The molecule has 2 rings (SSSR count). The van der Waals surface area contributed by atoms with Gasteiger partial charge in [0.25, 0.3) is 0 Å². The van der Waals surface area contributed by atoms with E-state index in [1.54, 1.807) is 12.1 Å². The minimum Gasteiger partial charge on any atom is -0.367 e. The van der Waals surface area contributed by atoms with Crippen LogP contribution in [0.5, 0.6) is 0 Å². The molecule has 0 aliphatic heterocycles. The van der Waals surface area contributed by atoms with Gasteiger partial charge in [-0.2, -0.15) is 0 Å². The van der Waals surface area contributed by atoms with Gasteiger partial charge in [0.2, 0.25) is 0 Å². The summed E-state index contributed by atoms with van der Waals surface area (Å²) in [4.78, 5) is 0. The quantitative estimate of drug-likeness (QED) is 0.812. The van der Waals surface area contributed by atoms with E-state index >= 15 is 0 Å². The van der Waals surface area contributed by atoms with E-state index in [4.69, 9.17) is 0 Å². The molecule has 0 aliphatic carbocycles. The Kier molecular flexibility index (Phi) is 4.35. The van der Waals surface area contributed by atoms with Crippen molar-refractivity contribution in [1.82, 2.24) is 15.5 Å². The number of hydrogen-bond donors (Lipinski definition) is 2. The van der Waals surface area contributed by atoms with E-state index in [1.807, 2.05) is 7.05 Å². The zero-order valence-electron chi connectivity index (χ0n) is 10.5. The van der Waals surface area contributed by atoms with E-state index in [2.05, 4.69) is 20.8 Å². The summed E-state index contributed by atoms with van der Waals surface area (Å²) in [6, 6.07) is 6.54. The highest BCUT2D eigenvalue weighted by molar-refractivity contribution is 5.60. The molecule has 0 radical (unpaired) electrons. The second-order valence-corrected chi connectivity index (χ2v) is 3.96. The Morgan fingerprint density at radius 3 is 2.58 bits per heavy atom. The lowest BCUT2D eigenvalue weighted by molar-refractivity contribution is 0.602. The van der Waals surface area contributed by atoms with Crippen molar-refractivity contribution in [2.24, 2.45) is 0 Å². The van der Waals surface area contributed by atoms with E-state index in [9.17, 15) is 8.78 Å². The molecule has 0 unspecified atom stereocenters. The highest BCUT2D eigenvalue weighted by Crippen LogP contribution is 2.21. The maximum absolute atomic E-state index is 13.5. The maximum atomic E-state index is 13.5. The number of hydrogen-bond acceptors (Lipinski definition) is 4. The summed E-state index contributed by atoms with van der Waals surface area (Å²) in [5.74, 6) is -0.433. The van der Waals surface area contributed by atoms with E-state index in [0.717, 1.165) is 24.7 Å². The van der Waals surface area contributed by atoms with Gasteiger partial charge in [0.15, 0.2) is 0 Å². The molecular formula is C13H14F2N4. The zero-order chi connectivity index (χ0) is 13.7. The molecule has 4 nitrogen and oxygen atoms in total. The van der Waals surface area contributed by atoms with Crippen LogP contribution >= 0.6 is 0 Å². The van der Waals surface area contributed by atoms with Crippen molar-refractivity contribution in [1.29, 1.82) is 0 Å². The van der Waals surface area contributed by atoms with Crippen LogP contribution in [-0.4, -0.2) is 30.3 Å². The fourth-order valence-corrected chi connectivity index (χ4v) is 1.58. The standard InChI is InChI=1S/C13H14F2N4/c1-16-6-7-17-13-5-4-12(18-19-13)10-8-9(14)2-3-11(10)15/h2-5,8,16H,6-7H2,1H3,(H,17,19). The van der Waals surface area contributed by atoms with Crippen LogP contribution < -0.4 is 10.6 Å². The molecule has 0 saturated carbocycles. The van der Waals surface area contributed by atoms with Crippen molar-refractivity contribution in [3.05, 3.63) is 42.0 Å². The molecule has 2 aromatic rings. The molecule has 0 amide bonds. The van der Waals surface area contributed by atoms with Gasteiger partial charge in [0, 0.05) is 18.7 Å². The summed E-state index contributed by atoms with van der Waals surface area (Å²) in [6.45, 7) is 1.50. The Morgan fingerprint density at radius 1 is 1.05 bits per heavy atom. The average molecular weight is 264 g/mol. The van der Waals surface area contributed by atoms with Gasteiger partial charge in [-0.05, 0) is 37.4 Å². The van der Waals surface area contributed by atoms with Crippen LogP contribution in [0.3, 0.4) is 0 Å². The smallest absolute Gasteiger partial charge is 0.148 e. The van der Waals surface area contributed by atoms with Crippen molar-refractivity contribution < 1.29 is 8.78 Å². The molecule has 0 bridgehead atoms. The monoisotopic (exact) mass is 264 g/mol. The predicted octanol–water partition coefficient (Wildman–Crippen LogP) is 2.05. The third-order valence-electron chi connectivity index (χ3n) is 2.55. The second-order valence-electron chi connectivity index (χ2n) is 3.96. The third-order valence-corrected chi connectivity index (χ3v) is 2.55. The molecule has 1 heterocycles. The molecule has 2 N–H and O–H groups in total. The summed E-state index contributed by atoms with van der Waals surface area (Å²) in [6.07, 6.45) is 0. The largest absolute Gasteiger partial charge is 0.367 e. The maximum Gasteiger partial charge on any atom is 0.148 e. The molecule has 0 aliphatic rings. The number of anilines is 1. The second kappa shape index (κ2) is 6.19. The van der Waals surface area contributed by atoms with Crippen molar-refractivity contribution in [3.8, 4) is 11.3 Å². The molecule has 100 valence electrons. The lowest BCUT2D eigenvalue weighted by Crippen LogP contribution is -2.18. The number of rotatable bonds is 5. The van der Waals surface area contributed by atoms with Crippen LogP contribution in [0.2, 0.25) is 0 Å².